The highest BCUT2D eigenvalue weighted by Gasteiger charge is 2.13. The zero-order valence-corrected chi connectivity index (χ0v) is 7.44. The van der Waals surface area contributed by atoms with Gasteiger partial charge in [0, 0.05) is 25.7 Å². The Morgan fingerprint density at radius 1 is 1.15 bits per heavy atom. The number of halogens is 3. The van der Waals surface area contributed by atoms with E-state index in [9.17, 15) is 13.2 Å². The van der Waals surface area contributed by atoms with E-state index in [-0.39, 0.29) is 5.69 Å². The highest BCUT2D eigenvalue weighted by Crippen LogP contribution is 2.22. The molecule has 72 valence electrons. The number of hydrogen-bond donors (Lipinski definition) is 0. The molecule has 0 amide bonds. The van der Waals surface area contributed by atoms with Crippen molar-refractivity contribution >= 4 is 5.69 Å². The topological polar surface area (TPSA) is 3.24 Å². The minimum Gasteiger partial charge on any atom is -0.370 e. The molecule has 0 fully saturated rings. The molecule has 0 radical (unpaired) electrons. The summed E-state index contributed by atoms with van der Waals surface area (Å²) < 4.78 is 38.5. The molecule has 1 aromatic rings. The van der Waals surface area contributed by atoms with Crippen LogP contribution in [0.1, 0.15) is 6.92 Å². The van der Waals surface area contributed by atoms with E-state index in [0.717, 1.165) is 0 Å². The van der Waals surface area contributed by atoms with Gasteiger partial charge in [-0.05, 0) is 6.92 Å². The van der Waals surface area contributed by atoms with E-state index in [1.165, 1.54) is 4.90 Å². The molecule has 0 atom stereocenters. The highest BCUT2D eigenvalue weighted by atomic mass is 19.1. The molecule has 0 aliphatic rings. The minimum atomic E-state index is -0.900. The van der Waals surface area contributed by atoms with Gasteiger partial charge in [-0.25, -0.2) is 13.2 Å². The van der Waals surface area contributed by atoms with Gasteiger partial charge in [0.1, 0.15) is 11.5 Å². The maximum absolute atomic E-state index is 13.0. The van der Waals surface area contributed by atoms with Crippen molar-refractivity contribution in [1.82, 2.24) is 0 Å². The van der Waals surface area contributed by atoms with Crippen molar-refractivity contribution in [3.63, 3.8) is 0 Å². The van der Waals surface area contributed by atoms with Gasteiger partial charge in [-0.3, -0.25) is 0 Å². The van der Waals surface area contributed by atoms with Crippen LogP contribution in [0.2, 0.25) is 0 Å². The van der Waals surface area contributed by atoms with Crippen molar-refractivity contribution in [2.45, 2.75) is 6.92 Å². The van der Waals surface area contributed by atoms with Crippen LogP contribution < -0.4 is 4.90 Å². The third kappa shape index (κ3) is 1.94. The Hall–Kier alpha value is -1.19. The number of hydrogen-bond acceptors (Lipinski definition) is 1. The average Bonchev–Trinajstić information content (AvgIpc) is 2.02. The number of benzene rings is 1. The fourth-order valence-electron chi connectivity index (χ4n) is 1.06. The van der Waals surface area contributed by atoms with Crippen LogP contribution >= 0.6 is 0 Å². The summed E-state index contributed by atoms with van der Waals surface area (Å²) in [5.41, 5.74) is -0.191. The molecule has 13 heavy (non-hydrogen) atoms. The molecule has 0 unspecified atom stereocenters. The summed E-state index contributed by atoms with van der Waals surface area (Å²) in [5, 5.41) is 0. The van der Waals surface area contributed by atoms with Crippen LogP contribution in [-0.4, -0.2) is 13.6 Å². The van der Waals surface area contributed by atoms with Gasteiger partial charge in [-0.15, -0.1) is 0 Å². The Kier molecular flexibility index (Phi) is 2.80. The molecular formula is C9H10F3N. The largest absolute Gasteiger partial charge is 0.370 e. The summed E-state index contributed by atoms with van der Waals surface area (Å²) >= 11 is 0. The van der Waals surface area contributed by atoms with Crippen LogP contribution in [0.4, 0.5) is 18.9 Å². The second-order valence-corrected chi connectivity index (χ2v) is 2.73. The Morgan fingerprint density at radius 2 is 1.62 bits per heavy atom. The van der Waals surface area contributed by atoms with Crippen LogP contribution in [0.25, 0.3) is 0 Å². The van der Waals surface area contributed by atoms with Crippen LogP contribution in [0.5, 0.6) is 0 Å². The normalized spacial score (nSPS) is 10.2. The van der Waals surface area contributed by atoms with Crippen molar-refractivity contribution in [3.05, 3.63) is 29.6 Å². The summed E-state index contributed by atoms with van der Waals surface area (Å²) in [6, 6.07) is 1.34. The Bertz CT molecular complexity index is 289. The van der Waals surface area contributed by atoms with Gasteiger partial charge in [-0.2, -0.15) is 0 Å². The molecule has 0 aliphatic carbocycles. The van der Waals surface area contributed by atoms with E-state index in [1.54, 1.807) is 14.0 Å². The van der Waals surface area contributed by atoms with Gasteiger partial charge in [0.25, 0.3) is 0 Å². The molecular weight excluding hydrogens is 179 g/mol. The first-order valence-electron chi connectivity index (χ1n) is 3.92. The summed E-state index contributed by atoms with van der Waals surface area (Å²) in [7, 11) is 1.54. The van der Waals surface area contributed by atoms with Crippen LogP contribution in [0.15, 0.2) is 12.1 Å². The van der Waals surface area contributed by atoms with E-state index in [1.807, 2.05) is 0 Å². The monoisotopic (exact) mass is 189 g/mol. The fraction of sp³-hybridized carbons (Fsp3) is 0.333. The standard InChI is InChI=1S/C9H10F3N/c1-3-13(2)9-7(11)4-6(10)5-8(9)12/h4-5H,3H2,1-2H3. The van der Waals surface area contributed by atoms with E-state index >= 15 is 0 Å². The van der Waals surface area contributed by atoms with Crippen LogP contribution in [0.3, 0.4) is 0 Å². The maximum Gasteiger partial charge on any atom is 0.152 e. The zero-order valence-electron chi connectivity index (χ0n) is 7.44. The Labute approximate surface area is 74.8 Å². The maximum atomic E-state index is 13.0. The molecule has 0 saturated carbocycles. The van der Waals surface area contributed by atoms with Gasteiger partial charge >= 0.3 is 0 Å². The minimum absolute atomic E-state index is 0.191. The third-order valence-corrected chi connectivity index (χ3v) is 1.84. The predicted octanol–water partition coefficient (Wildman–Crippen LogP) is 2.56. The van der Waals surface area contributed by atoms with Crippen molar-refractivity contribution in [2.24, 2.45) is 0 Å². The molecule has 1 rings (SSSR count). The molecule has 0 saturated heterocycles. The Balaban J connectivity index is 3.20. The first-order chi connectivity index (χ1) is 6.06. The predicted molar refractivity (Wildman–Crippen MR) is 45.3 cm³/mol. The molecule has 0 spiro atoms. The second kappa shape index (κ2) is 3.68. The highest BCUT2D eigenvalue weighted by molar-refractivity contribution is 5.48. The molecule has 0 heterocycles. The number of nitrogens with zero attached hydrogens (tertiary/aromatic N) is 1. The molecule has 0 aliphatic heterocycles. The lowest BCUT2D eigenvalue weighted by Gasteiger charge is -2.17. The van der Waals surface area contributed by atoms with Gasteiger partial charge in [-0.1, -0.05) is 0 Å². The molecule has 1 aromatic carbocycles. The van der Waals surface area contributed by atoms with Gasteiger partial charge in [0.15, 0.2) is 11.6 Å². The van der Waals surface area contributed by atoms with E-state index in [0.29, 0.717) is 18.7 Å². The molecule has 1 nitrogen and oxygen atoms in total. The molecule has 4 heteroatoms. The summed E-state index contributed by atoms with van der Waals surface area (Å²) in [6.07, 6.45) is 0. The van der Waals surface area contributed by atoms with Gasteiger partial charge < -0.3 is 4.90 Å². The summed E-state index contributed by atoms with van der Waals surface area (Å²) in [6.45, 7) is 2.21. The average molecular weight is 189 g/mol. The quantitative estimate of drug-likeness (QED) is 0.691. The van der Waals surface area contributed by atoms with E-state index in [2.05, 4.69) is 0 Å². The van der Waals surface area contributed by atoms with Crippen molar-refractivity contribution in [3.8, 4) is 0 Å². The van der Waals surface area contributed by atoms with Crippen molar-refractivity contribution in [1.29, 1.82) is 0 Å². The molecule has 0 aromatic heterocycles. The second-order valence-electron chi connectivity index (χ2n) is 2.73. The number of anilines is 1. The first-order valence-corrected chi connectivity index (χ1v) is 3.92. The smallest absolute Gasteiger partial charge is 0.152 e. The van der Waals surface area contributed by atoms with Crippen molar-refractivity contribution < 1.29 is 13.2 Å². The lowest BCUT2D eigenvalue weighted by molar-refractivity contribution is 0.541. The van der Waals surface area contributed by atoms with Crippen LogP contribution in [0, 0.1) is 17.5 Å². The van der Waals surface area contributed by atoms with E-state index in [4.69, 9.17) is 0 Å². The summed E-state index contributed by atoms with van der Waals surface area (Å²) in [4.78, 5) is 1.38. The molecule has 0 bridgehead atoms. The third-order valence-electron chi connectivity index (χ3n) is 1.84. The van der Waals surface area contributed by atoms with Gasteiger partial charge in [0.2, 0.25) is 0 Å². The lowest BCUT2D eigenvalue weighted by atomic mass is 10.2. The first kappa shape index (κ1) is 9.89. The SMILES string of the molecule is CCN(C)c1c(F)cc(F)cc1F. The number of rotatable bonds is 2. The van der Waals surface area contributed by atoms with Gasteiger partial charge in [0.05, 0.1) is 0 Å². The van der Waals surface area contributed by atoms with Crippen molar-refractivity contribution in [2.75, 3.05) is 18.5 Å². The zero-order chi connectivity index (χ0) is 10.0. The summed E-state index contributed by atoms with van der Waals surface area (Å²) in [5.74, 6) is -2.65. The van der Waals surface area contributed by atoms with E-state index < -0.39 is 17.5 Å². The van der Waals surface area contributed by atoms with Crippen LogP contribution in [-0.2, 0) is 0 Å². The Morgan fingerprint density at radius 3 is 2.00 bits per heavy atom. The fourth-order valence-corrected chi connectivity index (χ4v) is 1.06. The lowest BCUT2D eigenvalue weighted by Crippen LogP contribution is -2.19. The molecule has 0 N–H and O–H groups in total.